The Morgan fingerprint density at radius 3 is 2.61 bits per heavy atom. The summed E-state index contributed by atoms with van der Waals surface area (Å²) in [5.74, 6) is 0. The maximum Gasteiger partial charge on any atom is 0.0508 e. The van der Waals surface area contributed by atoms with Gasteiger partial charge in [0.2, 0.25) is 0 Å². The maximum atomic E-state index is 5.68. The van der Waals surface area contributed by atoms with E-state index in [2.05, 4.69) is 70.3 Å². The number of aromatic nitrogens is 1. The van der Waals surface area contributed by atoms with Crippen molar-refractivity contribution in [2.24, 2.45) is 5.73 Å². The molecule has 2 nitrogen and oxygen atoms in total. The summed E-state index contributed by atoms with van der Waals surface area (Å²) < 4.78 is 1.13. The Kier molecular flexibility index (Phi) is 5.19. The van der Waals surface area contributed by atoms with E-state index in [1.54, 1.807) is 0 Å². The number of unbranched alkanes of at least 4 members (excludes halogenated alkanes) is 1. The fourth-order valence-corrected chi connectivity index (χ4v) is 3.71. The third kappa shape index (κ3) is 3.22. The highest BCUT2D eigenvalue weighted by Crippen LogP contribution is 2.36. The van der Waals surface area contributed by atoms with Crippen molar-refractivity contribution in [1.29, 1.82) is 0 Å². The van der Waals surface area contributed by atoms with E-state index >= 15 is 0 Å². The van der Waals surface area contributed by atoms with Crippen LogP contribution in [0.4, 0.5) is 0 Å². The van der Waals surface area contributed by atoms with Crippen LogP contribution in [0.1, 0.15) is 30.9 Å². The Morgan fingerprint density at radius 1 is 1.04 bits per heavy atom. The van der Waals surface area contributed by atoms with Crippen LogP contribution in [0.3, 0.4) is 0 Å². The van der Waals surface area contributed by atoms with Gasteiger partial charge in [-0.2, -0.15) is 0 Å². The minimum atomic E-state index is 0.757. The highest BCUT2D eigenvalue weighted by Gasteiger charge is 2.16. The van der Waals surface area contributed by atoms with Gasteiger partial charge in [-0.05, 0) is 49.4 Å². The molecule has 1 heterocycles. The topological polar surface area (TPSA) is 41.8 Å². The van der Waals surface area contributed by atoms with Crippen molar-refractivity contribution in [3.8, 4) is 11.3 Å². The molecule has 3 heteroatoms. The summed E-state index contributed by atoms with van der Waals surface area (Å²) in [6.45, 7) is 2.97. The van der Waals surface area contributed by atoms with Gasteiger partial charge in [0.05, 0.1) is 5.69 Å². The molecule has 0 spiro atoms. The summed E-state index contributed by atoms with van der Waals surface area (Å²) in [7, 11) is 0. The second-order valence-corrected chi connectivity index (χ2v) is 6.75. The number of hydrogen-bond donors (Lipinski definition) is 2. The molecular formula is C20H23BrN2. The number of rotatable bonds is 6. The van der Waals surface area contributed by atoms with Gasteiger partial charge >= 0.3 is 0 Å². The van der Waals surface area contributed by atoms with Crippen LogP contribution in [0.2, 0.25) is 0 Å². The van der Waals surface area contributed by atoms with Crippen molar-refractivity contribution in [3.63, 3.8) is 0 Å². The average Bonchev–Trinajstić information content (AvgIpc) is 2.94. The number of benzene rings is 2. The second-order valence-electron chi connectivity index (χ2n) is 5.90. The summed E-state index contributed by atoms with van der Waals surface area (Å²) in [5, 5.41) is 1.35. The monoisotopic (exact) mass is 370 g/mol. The number of para-hydroxylation sites is 1. The Morgan fingerprint density at radius 2 is 1.87 bits per heavy atom. The summed E-state index contributed by atoms with van der Waals surface area (Å²) in [6, 6.07) is 15.1. The van der Waals surface area contributed by atoms with E-state index in [1.165, 1.54) is 33.3 Å². The largest absolute Gasteiger partial charge is 0.354 e. The van der Waals surface area contributed by atoms with Crippen molar-refractivity contribution >= 4 is 26.8 Å². The van der Waals surface area contributed by atoms with Gasteiger partial charge in [0, 0.05) is 20.9 Å². The molecule has 0 aliphatic carbocycles. The molecule has 120 valence electrons. The summed E-state index contributed by atoms with van der Waals surface area (Å²) >= 11 is 3.70. The minimum absolute atomic E-state index is 0.757. The molecular weight excluding hydrogens is 348 g/mol. The molecule has 0 unspecified atom stereocenters. The van der Waals surface area contributed by atoms with Gasteiger partial charge in [0.15, 0.2) is 0 Å². The minimum Gasteiger partial charge on any atom is -0.354 e. The number of aromatic amines is 1. The summed E-state index contributed by atoms with van der Waals surface area (Å²) in [5.41, 5.74) is 12.2. The van der Waals surface area contributed by atoms with Gasteiger partial charge in [-0.25, -0.2) is 0 Å². The van der Waals surface area contributed by atoms with Crippen LogP contribution < -0.4 is 5.73 Å². The van der Waals surface area contributed by atoms with Crippen LogP contribution >= 0.6 is 15.9 Å². The van der Waals surface area contributed by atoms with Gasteiger partial charge < -0.3 is 10.7 Å². The third-order valence-corrected chi connectivity index (χ3v) is 5.12. The zero-order valence-corrected chi connectivity index (χ0v) is 15.1. The van der Waals surface area contributed by atoms with Crippen LogP contribution in [0.15, 0.2) is 46.9 Å². The molecule has 0 radical (unpaired) electrons. The summed E-state index contributed by atoms with van der Waals surface area (Å²) in [6.07, 6.45) is 4.28. The van der Waals surface area contributed by atoms with E-state index in [4.69, 9.17) is 5.73 Å². The van der Waals surface area contributed by atoms with Crippen LogP contribution in [0.25, 0.3) is 22.2 Å². The molecule has 0 saturated heterocycles. The molecule has 3 N–H and O–H groups in total. The molecule has 0 fully saturated rings. The first kappa shape index (κ1) is 16.3. The SMILES string of the molecule is CCc1cccc2c(CCCCN)c(-c3ccccc3Br)[nH]c12. The molecule has 3 rings (SSSR count). The van der Waals surface area contributed by atoms with Gasteiger partial charge in [0.1, 0.15) is 0 Å². The first-order chi connectivity index (χ1) is 11.3. The van der Waals surface area contributed by atoms with E-state index in [1.807, 2.05) is 0 Å². The lowest BCUT2D eigenvalue weighted by Gasteiger charge is -2.07. The number of hydrogen-bond acceptors (Lipinski definition) is 1. The van der Waals surface area contributed by atoms with Crippen molar-refractivity contribution in [3.05, 3.63) is 58.1 Å². The van der Waals surface area contributed by atoms with E-state index in [0.29, 0.717) is 0 Å². The molecule has 1 aromatic heterocycles. The standard InChI is InChI=1S/C20H23BrN2/c1-2-14-8-7-11-15-16(9-5-6-13-22)20(23-19(14)15)17-10-3-4-12-18(17)21/h3-4,7-8,10-12,23H,2,5-6,9,13,22H2,1H3. The van der Waals surface area contributed by atoms with Crippen molar-refractivity contribution < 1.29 is 0 Å². The Bertz CT molecular complexity index is 805. The molecule has 0 aliphatic heterocycles. The van der Waals surface area contributed by atoms with Crippen LogP contribution in [0.5, 0.6) is 0 Å². The van der Waals surface area contributed by atoms with Gasteiger partial charge in [-0.15, -0.1) is 0 Å². The first-order valence-electron chi connectivity index (χ1n) is 8.33. The maximum absolute atomic E-state index is 5.68. The molecule has 0 saturated carbocycles. The zero-order chi connectivity index (χ0) is 16.2. The highest BCUT2D eigenvalue weighted by atomic mass is 79.9. The van der Waals surface area contributed by atoms with Crippen molar-refractivity contribution in [2.45, 2.75) is 32.6 Å². The van der Waals surface area contributed by atoms with Gasteiger partial charge in [-0.1, -0.05) is 59.3 Å². The molecule has 0 amide bonds. The fraction of sp³-hybridized carbons (Fsp3) is 0.300. The lowest BCUT2D eigenvalue weighted by Crippen LogP contribution is -1.99. The van der Waals surface area contributed by atoms with E-state index in [0.717, 1.165) is 36.7 Å². The van der Waals surface area contributed by atoms with E-state index < -0.39 is 0 Å². The molecule has 23 heavy (non-hydrogen) atoms. The van der Waals surface area contributed by atoms with Crippen LogP contribution in [-0.4, -0.2) is 11.5 Å². The van der Waals surface area contributed by atoms with Crippen molar-refractivity contribution in [1.82, 2.24) is 4.98 Å². The van der Waals surface area contributed by atoms with E-state index in [9.17, 15) is 0 Å². The first-order valence-corrected chi connectivity index (χ1v) is 9.13. The smallest absolute Gasteiger partial charge is 0.0508 e. The number of fused-ring (bicyclic) bond motifs is 1. The third-order valence-electron chi connectivity index (χ3n) is 4.43. The number of halogens is 1. The molecule has 2 aromatic carbocycles. The number of H-pyrrole nitrogens is 1. The lowest BCUT2D eigenvalue weighted by atomic mass is 9.99. The zero-order valence-electron chi connectivity index (χ0n) is 13.5. The fourth-order valence-electron chi connectivity index (χ4n) is 3.23. The Balaban J connectivity index is 2.19. The van der Waals surface area contributed by atoms with Gasteiger partial charge in [0.25, 0.3) is 0 Å². The van der Waals surface area contributed by atoms with E-state index in [-0.39, 0.29) is 0 Å². The molecule has 3 aromatic rings. The molecule has 0 aliphatic rings. The predicted octanol–water partition coefficient (Wildman–Crippen LogP) is 5.44. The summed E-state index contributed by atoms with van der Waals surface area (Å²) in [4.78, 5) is 3.71. The van der Waals surface area contributed by atoms with Gasteiger partial charge in [-0.3, -0.25) is 0 Å². The molecule has 0 bridgehead atoms. The number of aryl methyl sites for hydroxylation is 2. The quantitative estimate of drug-likeness (QED) is 0.557. The Labute approximate surface area is 146 Å². The number of nitrogens with two attached hydrogens (primary N) is 1. The highest BCUT2D eigenvalue weighted by molar-refractivity contribution is 9.10. The van der Waals surface area contributed by atoms with Crippen LogP contribution in [0, 0.1) is 0 Å². The normalized spacial score (nSPS) is 11.3. The predicted molar refractivity (Wildman–Crippen MR) is 103 cm³/mol. The second kappa shape index (κ2) is 7.33. The molecule has 0 atom stereocenters. The lowest BCUT2D eigenvalue weighted by molar-refractivity contribution is 0.748. The average molecular weight is 371 g/mol. The Hall–Kier alpha value is -1.58. The van der Waals surface area contributed by atoms with Crippen LogP contribution in [-0.2, 0) is 12.8 Å². The van der Waals surface area contributed by atoms with Crippen molar-refractivity contribution in [2.75, 3.05) is 6.54 Å². The number of nitrogens with one attached hydrogen (secondary N) is 1.